The van der Waals surface area contributed by atoms with Gasteiger partial charge in [-0.2, -0.15) is 8.42 Å². The fourth-order valence-corrected chi connectivity index (χ4v) is 1.55. The Morgan fingerprint density at radius 2 is 1.64 bits per heavy atom. The van der Waals surface area contributed by atoms with Gasteiger partial charge in [0.15, 0.2) is 0 Å². The monoisotopic (exact) mass is 218 g/mol. The van der Waals surface area contributed by atoms with Crippen molar-refractivity contribution in [2.75, 3.05) is 13.2 Å². The Morgan fingerprint density at radius 1 is 1.00 bits per heavy atom. The van der Waals surface area contributed by atoms with Crippen LogP contribution in [-0.2, 0) is 18.8 Å². The molecule has 0 saturated heterocycles. The minimum absolute atomic E-state index is 0. The molecule has 0 aliphatic carbocycles. The molecule has 4 nitrogen and oxygen atoms in total. The molecule has 0 bridgehead atoms. The first kappa shape index (κ1) is 16.9. The van der Waals surface area contributed by atoms with Crippen molar-refractivity contribution in [1.29, 1.82) is 0 Å². The average Bonchev–Trinajstić information content (AvgIpc) is 2.04. The van der Waals surface area contributed by atoms with E-state index in [1.807, 2.05) is 0 Å². The van der Waals surface area contributed by atoms with Crippen LogP contribution in [0.5, 0.6) is 0 Å². The van der Waals surface area contributed by atoms with Gasteiger partial charge in [0.25, 0.3) is 0 Å². The Labute approximate surface area is 98.9 Å². The summed E-state index contributed by atoms with van der Waals surface area (Å²) in [6.45, 7) is 4.05. The molecule has 14 heavy (non-hydrogen) atoms. The summed E-state index contributed by atoms with van der Waals surface area (Å²) in [5, 5.41) is 0. The summed E-state index contributed by atoms with van der Waals surface area (Å²) >= 11 is 0. The van der Waals surface area contributed by atoms with E-state index in [1.165, 1.54) is 0 Å². The van der Waals surface area contributed by atoms with Gasteiger partial charge >= 0.3 is 29.3 Å². The van der Waals surface area contributed by atoms with Crippen LogP contribution in [0.3, 0.4) is 0 Å². The van der Waals surface area contributed by atoms with Crippen molar-refractivity contribution in [1.82, 2.24) is 0 Å². The average molecular weight is 218 g/mol. The normalized spacial score (nSPS) is 11.0. The molecule has 0 unspecified atom stereocenters. The topological polar surface area (TPSA) is 52.6 Å². The van der Waals surface area contributed by atoms with Crippen LogP contribution in [0.1, 0.15) is 39.5 Å². The van der Waals surface area contributed by atoms with Crippen molar-refractivity contribution in [3.63, 3.8) is 0 Å². The summed E-state index contributed by atoms with van der Waals surface area (Å²) in [6, 6.07) is 0. The third-order valence-corrected chi connectivity index (χ3v) is 2.47. The Balaban J connectivity index is 0. The fourth-order valence-electron chi connectivity index (χ4n) is 0.868. The van der Waals surface area contributed by atoms with Gasteiger partial charge in [-0.05, 0) is 13.3 Å². The van der Waals surface area contributed by atoms with E-state index in [2.05, 4.69) is 15.3 Å². The second-order valence-electron chi connectivity index (χ2n) is 2.70. The SMILES string of the molecule is CCCCCCOS(=O)(=O)OCC.[LiH]. The molecule has 0 saturated carbocycles. The van der Waals surface area contributed by atoms with Crippen LogP contribution in [0.4, 0.5) is 0 Å². The minimum atomic E-state index is -3.72. The summed E-state index contributed by atoms with van der Waals surface area (Å²) in [5.74, 6) is 0. The molecule has 0 radical (unpaired) electrons. The molecule has 0 aromatic rings. The molecule has 6 heteroatoms. The van der Waals surface area contributed by atoms with E-state index in [-0.39, 0.29) is 32.1 Å². The van der Waals surface area contributed by atoms with Crippen molar-refractivity contribution in [2.24, 2.45) is 0 Å². The molecular weight excluding hydrogens is 199 g/mol. The second-order valence-corrected chi connectivity index (χ2v) is 3.99. The third-order valence-electron chi connectivity index (χ3n) is 1.49. The van der Waals surface area contributed by atoms with Crippen LogP contribution in [0.2, 0.25) is 0 Å². The van der Waals surface area contributed by atoms with Crippen LogP contribution in [-0.4, -0.2) is 40.5 Å². The van der Waals surface area contributed by atoms with Gasteiger partial charge in [0.05, 0.1) is 13.2 Å². The van der Waals surface area contributed by atoms with Crippen molar-refractivity contribution in [3.05, 3.63) is 0 Å². The summed E-state index contributed by atoms with van der Waals surface area (Å²) in [7, 11) is -3.72. The maximum atomic E-state index is 10.8. The zero-order valence-corrected chi connectivity index (χ0v) is 9.10. The molecule has 0 heterocycles. The van der Waals surface area contributed by atoms with Crippen LogP contribution < -0.4 is 0 Å². The zero-order valence-electron chi connectivity index (χ0n) is 8.28. The zero-order chi connectivity index (χ0) is 10.2. The Hall–Kier alpha value is 0.467. The fraction of sp³-hybridized carbons (Fsp3) is 1.00. The first-order valence-electron chi connectivity index (χ1n) is 4.66. The van der Waals surface area contributed by atoms with Crippen molar-refractivity contribution in [3.8, 4) is 0 Å². The van der Waals surface area contributed by atoms with E-state index >= 15 is 0 Å². The number of rotatable bonds is 8. The van der Waals surface area contributed by atoms with E-state index in [0.29, 0.717) is 0 Å². The van der Waals surface area contributed by atoms with Crippen LogP contribution in [0.25, 0.3) is 0 Å². The Morgan fingerprint density at radius 3 is 2.14 bits per heavy atom. The standard InChI is InChI=1S/C8H18O4S.Li.H/c1-3-5-6-7-8-12-13(9,10)11-4-2;;/h3-8H2,1-2H3;;. The van der Waals surface area contributed by atoms with Gasteiger partial charge in [-0.3, -0.25) is 0 Å². The summed E-state index contributed by atoms with van der Waals surface area (Å²) in [6.07, 6.45) is 3.99. The molecule has 0 rings (SSSR count). The maximum absolute atomic E-state index is 10.8. The van der Waals surface area contributed by atoms with Crippen molar-refractivity contribution in [2.45, 2.75) is 39.5 Å². The first-order chi connectivity index (χ1) is 6.12. The molecule has 0 aliphatic rings. The molecule has 0 atom stereocenters. The number of hydrogen-bond donors (Lipinski definition) is 0. The van der Waals surface area contributed by atoms with E-state index in [0.717, 1.165) is 25.7 Å². The van der Waals surface area contributed by atoms with E-state index in [4.69, 9.17) is 0 Å². The van der Waals surface area contributed by atoms with Gasteiger partial charge in [-0.15, -0.1) is 0 Å². The van der Waals surface area contributed by atoms with Gasteiger partial charge < -0.3 is 0 Å². The van der Waals surface area contributed by atoms with Gasteiger partial charge in [-0.1, -0.05) is 26.2 Å². The molecule has 0 N–H and O–H groups in total. The van der Waals surface area contributed by atoms with Gasteiger partial charge in [-0.25, -0.2) is 8.37 Å². The van der Waals surface area contributed by atoms with E-state index in [9.17, 15) is 8.42 Å². The number of hydrogen-bond acceptors (Lipinski definition) is 4. The number of unbranched alkanes of at least 4 members (excludes halogenated alkanes) is 3. The third kappa shape index (κ3) is 10.5. The van der Waals surface area contributed by atoms with Crippen LogP contribution in [0.15, 0.2) is 0 Å². The van der Waals surface area contributed by atoms with Crippen LogP contribution >= 0.6 is 0 Å². The van der Waals surface area contributed by atoms with E-state index < -0.39 is 10.4 Å². The van der Waals surface area contributed by atoms with Crippen molar-refractivity contribution < 1.29 is 16.8 Å². The van der Waals surface area contributed by atoms with Gasteiger partial charge in [0, 0.05) is 0 Å². The van der Waals surface area contributed by atoms with Gasteiger partial charge in [0.2, 0.25) is 0 Å². The Bertz CT molecular complexity index is 203. The predicted octanol–water partition coefficient (Wildman–Crippen LogP) is 1.22. The molecule has 82 valence electrons. The molecular formula is C8H19LiO4S. The molecule has 0 aliphatic heterocycles. The quantitative estimate of drug-likeness (QED) is 0.454. The summed E-state index contributed by atoms with van der Waals surface area (Å²) < 4.78 is 30.6. The van der Waals surface area contributed by atoms with Crippen LogP contribution in [0, 0.1) is 0 Å². The summed E-state index contributed by atoms with van der Waals surface area (Å²) in [4.78, 5) is 0. The molecule has 0 aromatic carbocycles. The first-order valence-corrected chi connectivity index (χ1v) is 5.99. The summed E-state index contributed by atoms with van der Waals surface area (Å²) in [5.41, 5.74) is 0. The second kappa shape index (κ2) is 10.0. The van der Waals surface area contributed by atoms with Gasteiger partial charge in [0.1, 0.15) is 0 Å². The van der Waals surface area contributed by atoms with E-state index in [1.54, 1.807) is 6.92 Å². The predicted molar refractivity (Wildman–Crippen MR) is 57.8 cm³/mol. The molecule has 0 aromatic heterocycles. The molecule has 0 amide bonds. The van der Waals surface area contributed by atoms with Crippen molar-refractivity contribution >= 4 is 29.3 Å². The Kier molecular flexibility index (Phi) is 12.1. The molecule has 0 fully saturated rings. The molecule has 0 spiro atoms.